The monoisotopic (exact) mass is 155 g/mol. The molecule has 0 aliphatic heterocycles. The molecule has 4 heteroatoms. The SMILES string of the molecule is C#C[C@H](NC(C)=O)C(=O)OC. The Morgan fingerprint density at radius 2 is 2.18 bits per heavy atom. The first-order valence-electron chi connectivity index (χ1n) is 2.93. The summed E-state index contributed by atoms with van der Waals surface area (Å²) in [5.41, 5.74) is 0. The van der Waals surface area contributed by atoms with E-state index in [0.29, 0.717) is 0 Å². The summed E-state index contributed by atoms with van der Waals surface area (Å²) in [6.45, 7) is 1.27. The number of hydrogen-bond acceptors (Lipinski definition) is 3. The van der Waals surface area contributed by atoms with E-state index in [4.69, 9.17) is 6.42 Å². The molecule has 1 amide bonds. The average molecular weight is 155 g/mol. The molecule has 60 valence electrons. The Labute approximate surface area is 64.9 Å². The highest BCUT2D eigenvalue weighted by Gasteiger charge is 2.15. The largest absolute Gasteiger partial charge is 0.467 e. The molecule has 1 atom stereocenters. The van der Waals surface area contributed by atoms with Crippen LogP contribution in [0.1, 0.15) is 6.92 Å². The fraction of sp³-hybridized carbons (Fsp3) is 0.429. The van der Waals surface area contributed by atoms with Gasteiger partial charge in [-0.25, -0.2) is 4.79 Å². The molecule has 0 saturated carbocycles. The Bertz CT molecular complexity index is 204. The third-order valence-corrected chi connectivity index (χ3v) is 0.951. The van der Waals surface area contributed by atoms with E-state index in [1.54, 1.807) is 0 Å². The van der Waals surface area contributed by atoms with E-state index in [9.17, 15) is 9.59 Å². The number of amides is 1. The van der Waals surface area contributed by atoms with Crippen molar-refractivity contribution in [1.29, 1.82) is 0 Å². The van der Waals surface area contributed by atoms with Crippen molar-refractivity contribution in [3.63, 3.8) is 0 Å². The first kappa shape index (κ1) is 9.50. The van der Waals surface area contributed by atoms with Crippen LogP contribution in [0.25, 0.3) is 0 Å². The van der Waals surface area contributed by atoms with Gasteiger partial charge in [-0.05, 0) is 0 Å². The smallest absolute Gasteiger partial charge is 0.341 e. The maximum Gasteiger partial charge on any atom is 0.341 e. The van der Waals surface area contributed by atoms with Crippen molar-refractivity contribution in [2.24, 2.45) is 0 Å². The van der Waals surface area contributed by atoms with Crippen LogP contribution in [0.3, 0.4) is 0 Å². The van der Waals surface area contributed by atoms with Crippen LogP contribution in [-0.2, 0) is 14.3 Å². The molecule has 0 spiro atoms. The summed E-state index contributed by atoms with van der Waals surface area (Å²) in [6, 6.07) is -0.975. The second-order valence-corrected chi connectivity index (χ2v) is 1.82. The van der Waals surface area contributed by atoms with Crippen molar-refractivity contribution in [2.45, 2.75) is 13.0 Å². The van der Waals surface area contributed by atoms with Crippen LogP contribution in [0.4, 0.5) is 0 Å². The van der Waals surface area contributed by atoms with Crippen LogP contribution in [0, 0.1) is 12.3 Å². The van der Waals surface area contributed by atoms with Gasteiger partial charge in [-0.2, -0.15) is 0 Å². The number of nitrogens with one attached hydrogen (secondary N) is 1. The van der Waals surface area contributed by atoms with E-state index in [1.807, 2.05) is 0 Å². The van der Waals surface area contributed by atoms with Crippen LogP contribution in [-0.4, -0.2) is 25.0 Å². The van der Waals surface area contributed by atoms with Gasteiger partial charge < -0.3 is 10.1 Å². The lowest BCUT2D eigenvalue weighted by molar-refractivity contribution is -0.143. The standard InChI is InChI=1S/C7H9NO3/c1-4-6(7(10)11-3)8-5(2)9/h1,6H,2-3H3,(H,8,9)/t6-/m0/s1. The van der Waals surface area contributed by atoms with Crippen LogP contribution in [0.5, 0.6) is 0 Å². The van der Waals surface area contributed by atoms with Gasteiger partial charge in [0.05, 0.1) is 7.11 Å². The van der Waals surface area contributed by atoms with Gasteiger partial charge in [0, 0.05) is 6.92 Å². The molecule has 0 aliphatic rings. The zero-order valence-corrected chi connectivity index (χ0v) is 6.38. The maximum absolute atomic E-state index is 10.7. The van der Waals surface area contributed by atoms with Crippen molar-refractivity contribution in [1.82, 2.24) is 5.32 Å². The predicted octanol–water partition coefficient (Wildman–Crippen LogP) is -0.703. The minimum absolute atomic E-state index is 0.363. The Hall–Kier alpha value is -1.50. The summed E-state index contributed by atoms with van der Waals surface area (Å²) in [4.78, 5) is 21.1. The van der Waals surface area contributed by atoms with Crippen LogP contribution in [0.2, 0.25) is 0 Å². The lowest BCUT2D eigenvalue weighted by Crippen LogP contribution is -2.39. The minimum Gasteiger partial charge on any atom is -0.467 e. The van der Waals surface area contributed by atoms with Crippen molar-refractivity contribution >= 4 is 11.9 Å². The van der Waals surface area contributed by atoms with Crippen molar-refractivity contribution in [2.75, 3.05) is 7.11 Å². The van der Waals surface area contributed by atoms with Gasteiger partial charge in [0.2, 0.25) is 5.91 Å². The zero-order valence-electron chi connectivity index (χ0n) is 6.38. The molecule has 0 radical (unpaired) electrons. The molecular weight excluding hydrogens is 146 g/mol. The van der Waals surface area contributed by atoms with Crippen molar-refractivity contribution in [3.8, 4) is 12.3 Å². The molecule has 0 bridgehead atoms. The average Bonchev–Trinajstić information content (AvgIpc) is 1.98. The molecule has 0 rings (SSSR count). The number of esters is 1. The number of hydrogen-bond donors (Lipinski definition) is 1. The predicted molar refractivity (Wildman–Crippen MR) is 38.5 cm³/mol. The Kier molecular flexibility index (Phi) is 3.75. The summed E-state index contributed by atoms with van der Waals surface area (Å²) in [6.07, 6.45) is 4.93. The van der Waals surface area contributed by atoms with Crippen molar-refractivity contribution in [3.05, 3.63) is 0 Å². The van der Waals surface area contributed by atoms with Gasteiger partial charge in [-0.1, -0.05) is 5.92 Å². The second-order valence-electron chi connectivity index (χ2n) is 1.82. The molecular formula is C7H9NO3. The molecule has 1 N–H and O–H groups in total. The molecule has 0 saturated heterocycles. The third kappa shape index (κ3) is 3.26. The molecule has 0 fully saturated rings. The summed E-state index contributed by atoms with van der Waals surface area (Å²) < 4.78 is 4.31. The van der Waals surface area contributed by atoms with Gasteiger partial charge in [0.15, 0.2) is 6.04 Å². The summed E-state index contributed by atoms with van der Waals surface area (Å²) in [7, 11) is 1.20. The fourth-order valence-electron chi connectivity index (χ4n) is 0.490. The van der Waals surface area contributed by atoms with Crippen LogP contribution < -0.4 is 5.32 Å². The van der Waals surface area contributed by atoms with E-state index >= 15 is 0 Å². The topological polar surface area (TPSA) is 55.4 Å². The molecule has 0 aromatic rings. The number of carbonyl (C=O) groups is 2. The van der Waals surface area contributed by atoms with Crippen LogP contribution >= 0.6 is 0 Å². The van der Waals surface area contributed by atoms with E-state index in [2.05, 4.69) is 16.0 Å². The number of rotatable bonds is 2. The van der Waals surface area contributed by atoms with E-state index in [1.165, 1.54) is 14.0 Å². The first-order valence-corrected chi connectivity index (χ1v) is 2.93. The van der Waals surface area contributed by atoms with Gasteiger partial charge in [0.1, 0.15) is 0 Å². The molecule has 0 aromatic carbocycles. The third-order valence-electron chi connectivity index (χ3n) is 0.951. The maximum atomic E-state index is 10.7. The lowest BCUT2D eigenvalue weighted by atomic mass is 10.3. The highest BCUT2D eigenvalue weighted by molar-refractivity contribution is 5.85. The second kappa shape index (κ2) is 4.34. The molecule has 4 nitrogen and oxygen atoms in total. The van der Waals surface area contributed by atoms with Crippen LogP contribution in [0.15, 0.2) is 0 Å². The van der Waals surface area contributed by atoms with E-state index in [0.717, 1.165) is 0 Å². The zero-order chi connectivity index (χ0) is 8.85. The Morgan fingerprint density at radius 1 is 1.64 bits per heavy atom. The minimum atomic E-state index is -0.975. The molecule has 0 aliphatic carbocycles. The molecule has 0 aromatic heterocycles. The molecule has 0 unspecified atom stereocenters. The number of terminal acetylenes is 1. The highest BCUT2D eigenvalue weighted by Crippen LogP contribution is 1.84. The summed E-state index contributed by atoms with van der Waals surface area (Å²) >= 11 is 0. The number of ether oxygens (including phenoxy) is 1. The van der Waals surface area contributed by atoms with Gasteiger partial charge in [0.25, 0.3) is 0 Å². The number of carbonyl (C=O) groups excluding carboxylic acids is 2. The quantitative estimate of drug-likeness (QED) is 0.423. The van der Waals surface area contributed by atoms with E-state index < -0.39 is 12.0 Å². The van der Waals surface area contributed by atoms with Gasteiger partial charge in [-0.15, -0.1) is 6.42 Å². The normalized spacial score (nSPS) is 11.0. The van der Waals surface area contributed by atoms with Gasteiger partial charge in [-0.3, -0.25) is 4.79 Å². The van der Waals surface area contributed by atoms with Crippen molar-refractivity contribution < 1.29 is 14.3 Å². The number of methoxy groups -OCH3 is 1. The highest BCUT2D eigenvalue weighted by atomic mass is 16.5. The summed E-state index contributed by atoms with van der Waals surface area (Å²) in [5.74, 6) is 1.08. The summed E-state index contributed by atoms with van der Waals surface area (Å²) in [5, 5.41) is 2.23. The fourth-order valence-corrected chi connectivity index (χ4v) is 0.490. The van der Waals surface area contributed by atoms with E-state index in [-0.39, 0.29) is 5.91 Å². The Morgan fingerprint density at radius 3 is 2.45 bits per heavy atom. The van der Waals surface area contributed by atoms with Gasteiger partial charge >= 0.3 is 5.97 Å². The lowest BCUT2D eigenvalue weighted by Gasteiger charge is -2.07. The molecule has 0 heterocycles. The molecule has 11 heavy (non-hydrogen) atoms. The first-order chi connectivity index (χ1) is 5.11. The Balaban J connectivity index is 4.09.